The highest BCUT2D eigenvalue weighted by Gasteiger charge is 2.44. The fraction of sp³-hybridized carbons (Fsp3) is 0.387. The second-order valence-electron chi connectivity index (χ2n) is 11.5. The number of hydrogen-bond donors (Lipinski definition) is 1. The third-order valence-corrected chi connectivity index (χ3v) is 7.65. The van der Waals surface area contributed by atoms with Gasteiger partial charge in [0.1, 0.15) is 29.2 Å². The summed E-state index contributed by atoms with van der Waals surface area (Å²) in [6.07, 6.45) is 1.43. The molecule has 0 spiro atoms. The van der Waals surface area contributed by atoms with Gasteiger partial charge in [0, 0.05) is 17.2 Å². The molecule has 226 valence electrons. The van der Waals surface area contributed by atoms with Crippen molar-refractivity contribution >= 4 is 17.8 Å². The number of methoxy groups -OCH3 is 1. The minimum Gasteiger partial charge on any atom is -0.483 e. The van der Waals surface area contributed by atoms with Crippen molar-refractivity contribution in [3.05, 3.63) is 86.2 Å². The van der Waals surface area contributed by atoms with Gasteiger partial charge < -0.3 is 19.5 Å². The van der Waals surface area contributed by atoms with Crippen LogP contribution in [0.2, 0.25) is 0 Å². The van der Waals surface area contributed by atoms with Crippen LogP contribution >= 0.6 is 0 Å². The number of esters is 1. The Kier molecular flexibility index (Phi) is 7.63. The van der Waals surface area contributed by atoms with E-state index in [9.17, 15) is 24.0 Å². The lowest BCUT2D eigenvalue weighted by Gasteiger charge is -2.42. The molecule has 0 radical (unpaired) electrons. The Labute approximate surface area is 247 Å². The zero-order valence-electron chi connectivity index (χ0n) is 24.9. The van der Waals surface area contributed by atoms with Crippen molar-refractivity contribution in [2.45, 2.75) is 65.3 Å². The SMILES string of the molecule is COC(=O)C(CC(C)C)NC(=O)Oc1ccc2c(c1)OC(C)(C)C1=CCn3c(=O)n(-c4ccc(C(C)=O)cc4)c(=O)n3C12. The van der Waals surface area contributed by atoms with Crippen LogP contribution in [0.4, 0.5) is 4.79 Å². The zero-order chi connectivity index (χ0) is 31.2. The van der Waals surface area contributed by atoms with Gasteiger partial charge in [0.2, 0.25) is 0 Å². The van der Waals surface area contributed by atoms with Gasteiger partial charge in [0.05, 0.1) is 19.3 Å². The van der Waals surface area contributed by atoms with E-state index in [1.165, 1.54) is 23.4 Å². The molecule has 1 N–H and O–H groups in total. The topological polar surface area (TPSA) is 140 Å². The van der Waals surface area contributed by atoms with Gasteiger partial charge in [-0.1, -0.05) is 19.9 Å². The van der Waals surface area contributed by atoms with Gasteiger partial charge in [-0.2, -0.15) is 0 Å². The number of nitrogens with one attached hydrogen (secondary N) is 1. The zero-order valence-corrected chi connectivity index (χ0v) is 24.9. The number of fused-ring (bicyclic) bond motifs is 5. The Hall–Kier alpha value is -4.87. The van der Waals surface area contributed by atoms with Gasteiger partial charge in [-0.3, -0.25) is 4.79 Å². The largest absolute Gasteiger partial charge is 0.483 e. The molecule has 2 unspecified atom stereocenters. The van der Waals surface area contributed by atoms with Crippen LogP contribution in [0, 0.1) is 5.92 Å². The van der Waals surface area contributed by atoms with Crippen LogP contribution < -0.4 is 26.2 Å². The third-order valence-electron chi connectivity index (χ3n) is 7.65. The summed E-state index contributed by atoms with van der Waals surface area (Å²) >= 11 is 0. The number of ketones is 1. The minimum atomic E-state index is -0.869. The Morgan fingerprint density at radius 2 is 1.77 bits per heavy atom. The molecule has 3 aromatic rings. The summed E-state index contributed by atoms with van der Waals surface area (Å²) in [7, 11) is 1.25. The van der Waals surface area contributed by atoms with E-state index in [0.717, 1.165) is 10.1 Å². The number of rotatable bonds is 7. The van der Waals surface area contributed by atoms with Crippen LogP contribution in [0.5, 0.6) is 11.5 Å². The van der Waals surface area contributed by atoms with Crippen LogP contribution in [0.25, 0.3) is 5.69 Å². The van der Waals surface area contributed by atoms with E-state index in [0.29, 0.717) is 29.0 Å². The van der Waals surface area contributed by atoms with Crippen molar-refractivity contribution in [2.24, 2.45) is 5.92 Å². The van der Waals surface area contributed by atoms with Gasteiger partial charge in [-0.05, 0) is 75.1 Å². The molecule has 12 heteroatoms. The average molecular weight is 591 g/mol. The number of ether oxygens (including phenoxy) is 3. The van der Waals surface area contributed by atoms with Gasteiger partial charge in [0.25, 0.3) is 0 Å². The number of carbonyl (C=O) groups is 3. The third kappa shape index (κ3) is 5.40. The quantitative estimate of drug-likeness (QED) is 0.251. The van der Waals surface area contributed by atoms with E-state index in [-0.39, 0.29) is 24.0 Å². The predicted molar refractivity (Wildman–Crippen MR) is 156 cm³/mol. The summed E-state index contributed by atoms with van der Waals surface area (Å²) in [5.74, 6) is -0.0405. The molecule has 12 nitrogen and oxygen atoms in total. The number of amides is 1. The van der Waals surface area contributed by atoms with E-state index in [1.54, 1.807) is 42.5 Å². The molecule has 0 fully saturated rings. The monoisotopic (exact) mass is 590 g/mol. The molecule has 2 atom stereocenters. The maximum Gasteiger partial charge on any atom is 0.413 e. The number of Topliss-reactive ketones (excluding diaryl/α,β-unsaturated/α-hetero) is 1. The lowest BCUT2D eigenvalue weighted by molar-refractivity contribution is -0.143. The highest BCUT2D eigenvalue weighted by molar-refractivity contribution is 5.94. The number of carbonyl (C=O) groups excluding carboxylic acids is 3. The van der Waals surface area contributed by atoms with Gasteiger partial charge in [-0.15, -0.1) is 0 Å². The maximum atomic E-state index is 13.9. The van der Waals surface area contributed by atoms with Gasteiger partial charge in [0.15, 0.2) is 5.78 Å². The summed E-state index contributed by atoms with van der Waals surface area (Å²) in [6, 6.07) is 9.56. The minimum absolute atomic E-state index is 0.122. The molecule has 43 heavy (non-hydrogen) atoms. The number of allylic oxidation sites excluding steroid dienone is 1. The molecule has 0 saturated carbocycles. The summed E-state index contributed by atoms with van der Waals surface area (Å²) in [5, 5.41) is 2.55. The number of benzene rings is 2. The van der Waals surface area contributed by atoms with Crippen LogP contribution in [-0.4, -0.2) is 50.5 Å². The second-order valence-corrected chi connectivity index (χ2v) is 11.5. The maximum absolute atomic E-state index is 13.9. The van der Waals surface area contributed by atoms with Crippen LogP contribution in [0.3, 0.4) is 0 Å². The number of hydrogen-bond acceptors (Lipinski definition) is 8. The summed E-state index contributed by atoms with van der Waals surface area (Å²) in [5.41, 5.74) is 0.297. The van der Waals surface area contributed by atoms with Crippen molar-refractivity contribution in [2.75, 3.05) is 7.11 Å². The first kappa shape index (κ1) is 29.6. The standard InChI is InChI=1S/C31H34N4O8/c1-17(2)15-24(27(37)41-6)32-28(38)42-21-11-12-22-25(16-21)43-31(4,5)23-13-14-33-29(39)34(30(40)35(33)26(22)23)20-9-7-19(8-10-20)18(3)36/h7-13,16-17,24,26H,14-15H2,1-6H3,(H,32,38). The van der Waals surface area contributed by atoms with Gasteiger partial charge >= 0.3 is 23.4 Å². The van der Waals surface area contributed by atoms with Crippen molar-refractivity contribution in [3.8, 4) is 17.2 Å². The van der Waals surface area contributed by atoms with E-state index < -0.39 is 41.1 Å². The highest BCUT2D eigenvalue weighted by atomic mass is 16.6. The average Bonchev–Trinajstić information content (AvgIpc) is 3.20. The normalized spacial score (nSPS) is 17.0. The fourth-order valence-corrected chi connectivity index (χ4v) is 5.61. The first-order valence-corrected chi connectivity index (χ1v) is 14.0. The molecule has 2 aliphatic rings. The van der Waals surface area contributed by atoms with Crippen molar-refractivity contribution in [1.29, 1.82) is 0 Å². The number of aromatic nitrogens is 3. The smallest absolute Gasteiger partial charge is 0.413 e. The Balaban J connectivity index is 1.50. The van der Waals surface area contributed by atoms with E-state index in [1.807, 2.05) is 33.8 Å². The molecule has 0 saturated heterocycles. The van der Waals surface area contributed by atoms with Crippen LogP contribution in [0.1, 0.15) is 63.0 Å². The Bertz CT molecular complexity index is 1760. The van der Waals surface area contributed by atoms with Gasteiger partial charge in [-0.25, -0.2) is 33.1 Å². The molecule has 2 aromatic carbocycles. The molecule has 1 aromatic heterocycles. The first-order valence-electron chi connectivity index (χ1n) is 14.0. The van der Waals surface area contributed by atoms with E-state index in [4.69, 9.17) is 14.2 Å². The molecule has 0 aliphatic carbocycles. The first-order chi connectivity index (χ1) is 20.3. The van der Waals surface area contributed by atoms with Crippen LogP contribution in [0.15, 0.2) is 63.7 Å². The Morgan fingerprint density at radius 3 is 2.40 bits per heavy atom. The molecule has 0 bridgehead atoms. The predicted octanol–water partition coefficient (Wildman–Crippen LogP) is 3.38. The lowest BCUT2D eigenvalue weighted by atomic mass is 9.83. The summed E-state index contributed by atoms with van der Waals surface area (Å²) < 4.78 is 20.5. The number of nitrogens with zero attached hydrogens (tertiary/aromatic N) is 3. The molecule has 1 amide bonds. The van der Waals surface area contributed by atoms with Crippen molar-refractivity contribution < 1.29 is 28.6 Å². The fourth-order valence-electron chi connectivity index (χ4n) is 5.61. The summed E-state index contributed by atoms with van der Waals surface area (Å²) in [6.45, 7) is 9.17. The van der Waals surface area contributed by atoms with E-state index >= 15 is 0 Å². The van der Waals surface area contributed by atoms with Crippen molar-refractivity contribution in [1.82, 2.24) is 19.2 Å². The summed E-state index contributed by atoms with van der Waals surface area (Å²) in [4.78, 5) is 63.9. The van der Waals surface area contributed by atoms with Crippen LogP contribution in [-0.2, 0) is 16.1 Å². The second kappa shape index (κ2) is 11.1. The molecule has 2 aliphatic heterocycles. The Morgan fingerprint density at radius 1 is 1.07 bits per heavy atom. The van der Waals surface area contributed by atoms with Crippen molar-refractivity contribution in [3.63, 3.8) is 0 Å². The van der Waals surface area contributed by atoms with E-state index in [2.05, 4.69) is 5.32 Å². The molecule has 3 heterocycles. The highest BCUT2D eigenvalue weighted by Crippen LogP contribution is 2.47. The molecule has 5 rings (SSSR count). The molecular formula is C31H34N4O8. The molecular weight excluding hydrogens is 556 g/mol. The lowest BCUT2D eigenvalue weighted by Crippen LogP contribution is -2.46.